The number of carbonyl (C=O) groups is 1. The molecule has 0 heterocycles. The van der Waals surface area contributed by atoms with E-state index < -0.39 is 20.0 Å². The van der Waals surface area contributed by atoms with Crippen molar-refractivity contribution in [2.45, 2.75) is 309 Å². The summed E-state index contributed by atoms with van der Waals surface area (Å²) in [7, 11) is 1.59. The number of aliphatic hydroxyl groups is 1. The molecule has 0 aromatic rings. The summed E-state index contributed by atoms with van der Waals surface area (Å²) in [4.78, 5) is 23.3. The van der Waals surface area contributed by atoms with Crippen molar-refractivity contribution < 1.29 is 32.9 Å². The van der Waals surface area contributed by atoms with Gasteiger partial charge < -0.3 is 19.8 Å². The number of carbonyl (C=O) groups excluding carboxylic acids is 1. The number of phosphoric acid groups is 1. The quantitative estimate of drug-likeness (QED) is 0.0243. The van der Waals surface area contributed by atoms with Gasteiger partial charge in [-0.05, 0) is 19.3 Å². The lowest BCUT2D eigenvalue weighted by Gasteiger charge is -2.25. The fraction of sp³-hybridized carbons (Fsp3) is 0.947. The van der Waals surface area contributed by atoms with Crippen LogP contribution in [0.3, 0.4) is 0 Å². The molecule has 9 heteroatoms. The number of quaternary nitrogens is 1. The van der Waals surface area contributed by atoms with E-state index in [1.807, 2.05) is 27.2 Å². The first-order valence-electron chi connectivity index (χ1n) is 29.1. The number of nitrogens with zero attached hydrogens (tertiary/aromatic N) is 1. The van der Waals surface area contributed by atoms with Crippen molar-refractivity contribution in [2.24, 2.45) is 0 Å². The Kier molecular flexibility index (Phi) is 48.7. The van der Waals surface area contributed by atoms with E-state index in [4.69, 9.17) is 9.05 Å². The molecule has 394 valence electrons. The topological polar surface area (TPSA) is 105 Å². The van der Waals surface area contributed by atoms with Crippen LogP contribution in [0.15, 0.2) is 12.2 Å². The predicted molar refractivity (Wildman–Crippen MR) is 286 cm³/mol. The Morgan fingerprint density at radius 2 is 0.803 bits per heavy atom. The van der Waals surface area contributed by atoms with Crippen LogP contribution in [0.4, 0.5) is 0 Å². The molecule has 0 aliphatic heterocycles. The molecule has 0 aliphatic rings. The smallest absolute Gasteiger partial charge is 0.387 e. The van der Waals surface area contributed by atoms with Crippen LogP contribution in [0, 0.1) is 0 Å². The van der Waals surface area contributed by atoms with E-state index in [2.05, 4.69) is 19.2 Å². The molecule has 0 aromatic carbocycles. The summed E-state index contributed by atoms with van der Waals surface area (Å²) < 4.78 is 23.7. The molecule has 3 N–H and O–H groups in total. The third-order valence-corrected chi connectivity index (χ3v) is 14.5. The number of likely N-dealkylation sites (N-methyl/N-ethyl adjacent to an activating group) is 1. The number of hydrogen-bond donors (Lipinski definition) is 3. The second-order valence-corrected chi connectivity index (χ2v) is 22.8. The molecule has 3 atom stereocenters. The van der Waals surface area contributed by atoms with E-state index in [-0.39, 0.29) is 19.1 Å². The van der Waals surface area contributed by atoms with Crippen molar-refractivity contribution in [3.8, 4) is 0 Å². The molecule has 0 aromatic heterocycles. The molecule has 8 nitrogen and oxygen atoms in total. The molecule has 3 unspecified atom stereocenters. The number of hydrogen-bond acceptors (Lipinski definition) is 5. The first-order chi connectivity index (χ1) is 32.0. The van der Waals surface area contributed by atoms with Gasteiger partial charge in [-0.2, -0.15) is 0 Å². The molecule has 0 saturated heterocycles. The molecule has 0 bridgehead atoms. The Morgan fingerprint density at radius 1 is 0.500 bits per heavy atom. The molecular formula is C57H116N2O6P+. The van der Waals surface area contributed by atoms with Crippen LogP contribution < -0.4 is 5.32 Å². The first kappa shape index (κ1) is 65.2. The van der Waals surface area contributed by atoms with Crippen LogP contribution in [0.25, 0.3) is 0 Å². The zero-order valence-corrected chi connectivity index (χ0v) is 45.9. The Labute approximate surface area is 412 Å². The minimum absolute atomic E-state index is 0.0652. The fourth-order valence-corrected chi connectivity index (χ4v) is 9.66. The van der Waals surface area contributed by atoms with Crippen LogP contribution in [0.2, 0.25) is 0 Å². The summed E-state index contributed by atoms with van der Waals surface area (Å²) in [5.41, 5.74) is 0. The van der Waals surface area contributed by atoms with Gasteiger partial charge in [0.1, 0.15) is 13.2 Å². The Morgan fingerprint density at radius 3 is 1.12 bits per heavy atom. The number of unbranched alkanes of at least 4 members (excludes halogenated alkanes) is 41. The minimum atomic E-state index is -4.34. The summed E-state index contributed by atoms with van der Waals surface area (Å²) in [6, 6.07) is -0.842. The lowest BCUT2D eigenvalue weighted by Crippen LogP contribution is -2.45. The number of rotatable bonds is 54. The third-order valence-electron chi connectivity index (χ3n) is 13.5. The molecule has 0 spiro atoms. The number of allylic oxidation sites excluding steroid dienone is 1. The van der Waals surface area contributed by atoms with Crippen LogP contribution in [0.1, 0.15) is 296 Å². The molecule has 0 radical (unpaired) electrons. The van der Waals surface area contributed by atoms with Gasteiger partial charge in [0.2, 0.25) is 5.91 Å². The Bertz CT molecular complexity index is 1080. The molecule has 0 aliphatic carbocycles. The fourth-order valence-electron chi connectivity index (χ4n) is 8.93. The van der Waals surface area contributed by atoms with Crippen LogP contribution in [-0.4, -0.2) is 73.4 Å². The van der Waals surface area contributed by atoms with Gasteiger partial charge in [0.25, 0.3) is 0 Å². The molecule has 0 rings (SSSR count). The average molecular weight is 957 g/mol. The van der Waals surface area contributed by atoms with Crippen molar-refractivity contribution in [3.63, 3.8) is 0 Å². The zero-order valence-electron chi connectivity index (χ0n) is 45.0. The number of amides is 1. The summed E-state index contributed by atoms with van der Waals surface area (Å²) in [5, 5.41) is 13.9. The highest BCUT2D eigenvalue weighted by Gasteiger charge is 2.27. The average Bonchev–Trinajstić information content (AvgIpc) is 3.28. The van der Waals surface area contributed by atoms with Gasteiger partial charge in [-0.15, -0.1) is 0 Å². The maximum atomic E-state index is 13.0. The van der Waals surface area contributed by atoms with Crippen molar-refractivity contribution in [1.29, 1.82) is 0 Å². The highest BCUT2D eigenvalue weighted by Crippen LogP contribution is 2.43. The standard InChI is InChI=1S/C57H115N2O6P/c1-6-8-10-12-14-16-18-20-22-24-26-27-28-29-30-31-32-33-34-36-38-40-42-44-46-48-50-56(60)55(54-65-66(62,63)64-53-52-59(3,4)5)58-57(61)51-49-47-45-43-41-39-37-35-25-23-21-19-17-15-13-11-9-7-2/h48,50,55-56,60H,6-47,49,51-54H2,1-5H3,(H-,58,61,62,63)/p+1/b50-48+. The van der Waals surface area contributed by atoms with E-state index in [9.17, 15) is 19.4 Å². The monoisotopic (exact) mass is 956 g/mol. The highest BCUT2D eigenvalue weighted by atomic mass is 31.2. The summed E-state index contributed by atoms with van der Waals surface area (Å²) in [5.74, 6) is -0.170. The van der Waals surface area contributed by atoms with Crippen molar-refractivity contribution >= 4 is 13.7 Å². The SMILES string of the molecule is CCCCCCCCCCCCCCCCCCCCCCCCCC/C=C/C(O)C(COP(=O)(O)OCC[N+](C)(C)C)NC(=O)CCCCCCCCCCCCCCCCCCCC. The lowest BCUT2D eigenvalue weighted by atomic mass is 10.0. The normalized spacial score (nSPS) is 14.0. The van der Waals surface area contributed by atoms with Crippen LogP contribution in [-0.2, 0) is 18.4 Å². The van der Waals surface area contributed by atoms with E-state index >= 15 is 0 Å². The van der Waals surface area contributed by atoms with Gasteiger partial charge in [0.15, 0.2) is 0 Å². The molecule has 66 heavy (non-hydrogen) atoms. The second kappa shape index (κ2) is 49.2. The number of phosphoric ester groups is 1. The van der Waals surface area contributed by atoms with Gasteiger partial charge in [0.05, 0.1) is 39.9 Å². The van der Waals surface area contributed by atoms with Gasteiger partial charge in [-0.25, -0.2) is 4.57 Å². The van der Waals surface area contributed by atoms with E-state index in [1.165, 1.54) is 244 Å². The van der Waals surface area contributed by atoms with E-state index in [0.29, 0.717) is 17.4 Å². The zero-order chi connectivity index (χ0) is 48.5. The highest BCUT2D eigenvalue weighted by molar-refractivity contribution is 7.47. The second-order valence-electron chi connectivity index (χ2n) is 21.4. The Hall–Kier alpha value is -0.760. The summed E-state index contributed by atoms with van der Waals surface area (Å²) in [6.07, 6.45) is 60.2. The summed E-state index contributed by atoms with van der Waals surface area (Å²) in [6.45, 7) is 4.87. The van der Waals surface area contributed by atoms with Crippen molar-refractivity contribution in [1.82, 2.24) is 5.32 Å². The maximum Gasteiger partial charge on any atom is 0.472 e. The van der Waals surface area contributed by atoms with E-state index in [1.54, 1.807) is 6.08 Å². The van der Waals surface area contributed by atoms with Crippen molar-refractivity contribution in [2.75, 3.05) is 40.9 Å². The molecule has 0 saturated carbocycles. The Balaban J connectivity index is 4.16. The van der Waals surface area contributed by atoms with Gasteiger partial charge in [-0.3, -0.25) is 13.8 Å². The van der Waals surface area contributed by atoms with Gasteiger partial charge >= 0.3 is 7.82 Å². The summed E-state index contributed by atoms with van der Waals surface area (Å²) >= 11 is 0. The lowest BCUT2D eigenvalue weighted by molar-refractivity contribution is -0.870. The predicted octanol–water partition coefficient (Wildman–Crippen LogP) is 17.4. The van der Waals surface area contributed by atoms with E-state index in [0.717, 1.165) is 32.1 Å². The van der Waals surface area contributed by atoms with Crippen LogP contribution in [0.5, 0.6) is 0 Å². The number of aliphatic hydroxyl groups excluding tert-OH is 1. The molecular weight excluding hydrogens is 840 g/mol. The number of nitrogens with one attached hydrogen (secondary N) is 1. The largest absolute Gasteiger partial charge is 0.472 e. The molecule has 1 amide bonds. The minimum Gasteiger partial charge on any atom is -0.387 e. The van der Waals surface area contributed by atoms with Crippen LogP contribution >= 0.6 is 7.82 Å². The third kappa shape index (κ3) is 51.1. The van der Waals surface area contributed by atoms with Crippen molar-refractivity contribution in [3.05, 3.63) is 12.2 Å². The molecule has 0 fully saturated rings. The maximum absolute atomic E-state index is 13.0. The van der Waals surface area contributed by atoms with Gasteiger partial charge in [-0.1, -0.05) is 283 Å². The first-order valence-corrected chi connectivity index (χ1v) is 30.6. The van der Waals surface area contributed by atoms with Gasteiger partial charge in [0, 0.05) is 6.42 Å².